The Hall–Kier alpha value is -2.71. The molecular formula is C27H28BrFN2O4. The third-order valence-electron chi connectivity index (χ3n) is 7.58. The summed E-state index contributed by atoms with van der Waals surface area (Å²) in [5.41, 5.74) is 1.12. The monoisotopic (exact) mass is 542 g/mol. The van der Waals surface area contributed by atoms with Crippen LogP contribution in [0.4, 0.5) is 4.39 Å². The molecule has 3 aromatic rings. The van der Waals surface area contributed by atoms with Gasteiger partial charge < -0.3 is 19.3 Å². The number of carbonyl (C=O) groups excluding carboxylic acids is 1. The summed E-state index contributed by atoms with van der Waals surface area (Å²) in [5, 5.41) is 11.0. The highest BCUT2D eigenvalue weighted by Crippen LogP contribution is 2.37. The molecule has 2 aromatic carbocycles. The number of nitrogens with zero attached hydrogens (tertiary/aromatic N) is 2. The fraction of sp³-hybridized carbons (Fsp3) is 0.407. The maximum absolute atomic E-state index is 13.7. The summed E-state index contributed by atoms with van der Waals surface area (Å²) in [5.74, 6) is -0.914. The van der Waals surface area contributed by atoms with Crippen molar-refractivity contribution in [1.29, 1.82) is 0 Å². The number of likely N-dealkylation sites (tertiary alicyclic amines) is 1. The molecule has 2 saturated heterocycles. The van der Waals surface area contributed by atoms with Crippen molar-refractivity contribution in [3.63, 3.8) is 0 Å². The van der Waals surface area contributed by atoms with Gasteiger partial charge in [-0.2, -0.15) is 0 Å². The van der Waals surface area contributed by atoms with Crippen molar-refractivity contribution in [3.8, 4) is 0 Å². The Kier molecular flexibility index (Phi) is 6.68. The van der Waals surface area contributed by atoms with Crippen LogP contribution in [0.25, 0.3) is 10.9 Å². The van der Waals surface area contributed by atoms with Crippen molar-refractivity contribution in [2.75, 3.05) is 26.3 Å². The Morgan fingerprint density at radius 3 is 2.43 bits per heavy atom. The largest absolute Gasteiger partial charge is 0.481 e. The van der Waals surface area contributed by atoms with E-state index in [0.717, 1.165) is 48.0 Å². The molecular weight excluding hydrogens is 515 g/mol. The van der Waals surface area contributed by atoms with Crippen LogP contribution < -0.4 is 0 Å². The highest BCUT2D eigenvalue weighted by atomic mass is 79.9. The Balaban J connectivity index is 1.40. The topological polar surface area (TPSA) is 71.8 Å². The molecule has 3 heterocycles. The normalized spacial score (nSPS) is 18.6. The predicted molar refractivity (Wildman–Crippen MR) is 134 cm³/mol. The Labute approximate surface area is 211 Å². The van der Waals surface area contributed by atoms with E-state index < -0.39 is 17.2 Å². The van der Waals surface area contributed by atoms with E-state index in [1.807, 2.05) is 24.4 Å². The van der Waals surface area contributed by atoms with Crippen LogP contribution in [-0.2, 0) is 21.5 Å². The van der Waals surface area contributed by atoms with Crippen LogP contribution in [0.5, 0.6) is 0 Å². The number of hydrogen-bond acceptors (Lipinski definition) is 3. The second kappa shape index (κ2) is 9.74. The third-order valence-corrected chi connectivity index (χ3v) is 8.07. The summed E-state index contributed by atoms with van der Waals surface area (Å²) in [6, 6.07) is 11.7. The van der Waals surface area contributed by atoms with Gasteiger partial charge in [-0.1, -0.05) is 28.1 Å². The zero-order valence-electron chi connectivity index (χ0n) is 19.4. The molecule has 0 spiro atoms. The summed E-state index contributed by atoms with van der Waals surface area (Å²) in [6.45, 7) is 3.02. The lowest BCUT2D eigenvalue weighted by molar-refractivity contribution is -0.145. The maximum Gasteiger partial charge on any atom is 0.314 e. The van der Waals surface area contributed by atoms with Gasteiger partial charge in [0.2, 0.25) is 0 Å². The smallest absolute Gasteiger partial charge is 0.314 e. The van der Waals surface area contributed by atoms with Crippen LogP contribution in [0.3, 0.4) is 0 Å². The molecule has 6 nitrogen and oxygen atoms in total. The quantitative estimate of drug-likeness (QED) is 0.479. The van der Waals surface area contributed by atoms with E-state index >= 15 is 0 Å². The predicted octanol–water partition coefficient (Wildman–Crippen LogP) is 5.23. The summed E-state index contributed by atoms with van der Waals surface area (Å²) in [4.78, 5) is 27.7. The number of piperidine rings is 1. The number of amides is 1. The van der Waals surface area contributed by atoms with E-state index in [1.165, 1.54) is 12.1 Å². The first kappa shape index (κ1) is 24.0. The van der Waals surface area contributed by atoms with Gasteiger partial charge in [0.15, 0.2) is 0 Å². The van der Waals surface area contributed by atoms with Gasteiger partial charge in [-0.15, -0.1) is 0 Å². The molecule has 0 saturated carbocycles. The van der Waals surface area contributed by atoms with Crippen molar-refractivity contribution in [1.82, 2.24) is 9.47 Å². The molecule has 1 amide bonds. The zero-order chi connectivity index (χ0) is 24.6. The number of carboxylic acid groups (broad SMARTS) is 1. The average Bonchev–Trinajstić information content (AvgIpc) is 3.21. The van der Waals surface area contributed by atoms with Gasteiger partial charge in [-0.3, -0.25) is 9.59 Å². The zero-order valence-corrected chi connectivity index (χ0v) is 21.0. The molecule has 35 heavy (non-hydrogen) atoms. The number of hydrogen-bond donors (Lipinski definition) is 1. The molecule has 5 rings (SSSR count). The Bertz CT molecular complexity index is 1240. The van der Waals surface area contributed by atoms with E-state index in [4.69, 9.17) is 4.74 Å². The second-order valence-electron chi connectivity index (χ2n) is 9.60. The van der Waals surface area contributed by atoms with Gasteiger partial charge in [-0.05, 0) is 67.5 Å². The lowest BCUT2D eigenvalue weighted by atomic mass is 9.72. The summed E-state index contributed by atoms with van der Waals surface area (Å²) < 4.78 is 22.0. The fourth-order valence-electron chi connectivity index (χ4n) is 5.45. The molecule has 0 atom stereocenters. The minimum absolute atomic E-state index is 0.0862. The number of aromatic nitrogens is 1. The van der Waals surface area contributed by atoms with E-state index in [1.54, 1.807) is 17.0 Å². The van der Waals surface area contributed by atoms with Crippen molar-refractivity contribution in [3.05, 3.63) is 70.1 Å². The van der Waals surface area contributed by atoms with Crippen LogP contribution in [0.15, 0.2) is 53.1 Å². The number of fused-ring (bicyclic) bond motifs is 1. The summed E-state index contributed by atoms with van der Waals surface area (Å²) >= 11 is 3.54. The molecule has 2 aliphatic rings. The standard InChI is InChI=1S/C27H28BrFN2O4/c28-20-3-6-24-22(15-20)23(17-31(24)16-18-7-13-35-14-8-18)25(32)30-11-9-27(10-12-30,26(33)34)19-1-4-21(29)5-2-19/h1-6,15,17-18H,7-14,16H2,(H,33,34). The average molecular weight is 543 g/mol. The summed E-state index contributed by atoms with van der Waals surface area (Å²) in [6.07, 6.45) is 4.53. The molecule has 2 fully saturated rings. The van der Waals surface area contributed by atoms with Gasteiger partial charge in [0.05, 0.1) is 11.0 Å². The van der Waals surface area contributed by atoms with Crippen molar-refractivity contribution in [2.24, 2.45) is 5.92 Å². The van der Waals surface area contributed by atoms with E-state index in [0.29, 0.717) is 30.1 Å². The molecule has 1 N–H and O–H groups in total. The Morgan fingerprint density at radius 2 is 1.77 bits per heavy atom. The highest BCUT2D eigenvalue weighted by molar-refractivity contribution is 9.10. The van der Waals surface area contributed by atoms with E-state index in [-0.39, 0.29) is 18.7 Å². The van der Waals surface area contributed by atoms with Crippen LogP contribution in [0, 0.1) is 11.7 Å². The first-order valence-corrected chi connectivity index (χ1v) is 12.8. The van der Waals surface area contributed by atoms with Crippen LogP contribution in [-0.4, -0.2) is 52.8 Å². The maximum atomic E-state index is 13.7. The molecule has 0 unspecified atom stereocenters. The lowest BCUT2D eigenvalue weighted by Gasteiger charge is -2.39. The van der Waals surface area contributed by atoms with Crippen molar-refractivity contribution < 1.29 is 23.8 Å². The van der Waals surface area contributed by atoms with Crippen molar-refractivity contribution in [2.45, 2.75) is 37.6 Å². The SMILES string of the molecule is O=C(c1cn(CC2CCOCC2)c2ccc(Br)cc12)N1CCC(C(=O)O)(c2ccc(F)cc2)CC1. The molecule has 1 aromatic heterocycles. The number of aliphatic carboxylic acids is 1. The van der Waals surface area contributed by atoms with E-state index in [9.17, 15) is 19.1 Å². The van der Waals surface area contributed by atoms with Gasteiger partial charge in [-0.25, -0.2) is 4.39 Å². The molecule has 0 radical (unpaired) electrons. The molecule has 2 aliphatic heterocycles. The highest BCUT2D eigenvalue weighted by Gasteiger charge is 2.44. The molecule has 0 bridgehead atoms. The number of halogens is 2. The van der Waals surface area contributed by atoms with Gasteiger partial charge in [0.1, 0.15) is 5.82 Å². The number of carboxylic acids is 1. The van der Waals surface area contributed by atoms with Gasteiger partial charge in [0.25, 0.3) is 5.91 Å². The van der Waals surface area contributed by atoms with Crippen LogP contribution in [0.2, 0.25) is 0 Å². The van der Waals surface area contributed by atoms with Gasteiger partial charge in [0, 0.05) is 54.4 Å². The van der Waals surface area contributed by atoms with Crippen LogP contribution in [0.1, 0.15) is 41.6 Å². The third kappa shape index (κ3) is 4.61. The molecule has 184 valence electrons. The minimum Gasteiger partial charge on any atom is -0.481 e. The van der Waals surface area contributed by atoms with Gasteiger partial charge >= 0.3 is 5.97 Å². The number of carbonyl (C=O) groups is 2. The fourth-order valence-corrected chi connectivity index (χ4v) is 5.82. The number of ether oxygens (including phenoxy) is 1. The lowest BCUT2D eigenvalue weighted by Crippen LogP contribution is -2.49. The molecule has 0 aliphatic carbocycles. The van der Waals surface area contributed by atoms with Crippen LogP contribution >= 0.6 is 15.9 Å². The first-order valence-electron chi connectivity index (χ1n) is 12.0. The second-order valence-corrected chi connectivity index (χ2v) is 10.5. The number of rotatable bonds is 5. The van der Waals surface area contributed by atoms with E-state index in [2.05, 4.69) is 20.5 Å². The first-order chi connectivity index (χ1) is 16.9. The number of benzene rings is 2. The minimum atomic E-state index is -1.12. The summed E-state index contributed by atoms with van der Waals surface area (Å²) in [7, 11) is 0. The Morgan fingerprint density at radius 1 is 1.09 bits per heavy atom. The molecule has 8 heteroatoms. The van der Waals surface area contributed by atoms with Crippen molar-refractivity contribution >= 4 is 38.7 Å².